The lowest BCUT2D eigenvalue weighted by atomic mass is 10.3. The first-order valence-electron chi connectivity index (χ1n) is 4.47. The minimum atomic E-state index is -1.00. The molecule has 5 N–H and O–H groups in total. The maximum Gasteiger partial charge on any atom is 0.321 e. The number of nitro groups is 1. The summed E-state index contributed by atoms with van der Waals surface area (Å²) in [5, 5.41) is 18.1. The summed E-state index contributed by atoms with van der Waals surface area (Å²) in [4.78, 5) is 19.4. The van der Waals surface area contributed by atoms with Gasteiger partial charge in [-0.25, -0.2) is 0 Å². The van der Waals surface area contributed by atoms with E-state index in [1.807, 2.05) is 0 Å². The summed E-state index contributed by atoms with van der Waals surface area (Å²) in [6, 6.07) is 4.92. The molecule has 0 spiro atoms. The molecule has 0 amide bonds. The Bertz CT molecular complexity index is 382. The summed E-state index contributed by atoms with van der Waals surface area (Å²) < 4.78 is 0. The summed E-state index contributed by atoms with van der Waals surface area (Å²) in [7, 11) is 0. The molecule has 1 aromatic rings. The van der Waals surface area contributed by atoms with Gasteiger partial charge >= 0.3 is 5.97 Å². The largest absolute Gasteiger partial charge is 0.480 e. The lowest BCUT2D eigenvalue weighted by Gasteiger charge is -1.96. The second-order valence-corrected chi connectivity index (χ2v) is 3.34. The van der Waals surface area contributed by atoms with Crippen molar-refractivity contribution in [3.05, 3.63) is 34.4 Å². The van der Waals surface area contributed by atoms with Gasteiger partial charge in [-0.1, -0.05) is 0 Å². The third-order valence-corrected chi connectivity index (χ3v) is 2.01. The van der Waals surface area contributed by atoms with Gasteiger partial charge in [-0.3, -0.25) is 14.9 Å². The number of nitro benzene ring substituents is 1. The van der Waals surface area contributed by atoms with Gasteiger partial charge in [-0.2, -0.15) is 12.6 Å². The molecular weight excluding hydrogens is 246 g/mol. The molecule has 1 atom stereocenters. The van der Waals surface area contributed by atoms with Crippen molar-refractivity contribution in [3.63, 3.8) is 0 Å². The minimum Gasteiger partial charge on any atom is -0.480 e. The van der Waals surface area contributed by atoms with Crippen LogP contribution in [0.2, 0.25) is 0 Å². The van der Waals surface area contributed by atoms with E-state index in [0.29, 0.717) is 5.69 Å². The Morgan fingerprint density at radius 1 is 1.47 bits per heavy atom. The van der Waals surface area contributed by atoms with E-state index in [2.05, 4.69) is 12.6 Å². The zero-order chi connectivity index (χ0) is 13.4. The fraction of sp³-hybridized carbons (Fsp3) is 0.222. The number of non-ortho nitro benzene ring substituents is 1. The second-order valence-electron chi connectivity index (χ2n) is 2.98. The predicted molar refractivity (Wildman–Crippen MR) is 67.0 cm³/mol. The van der Waals surface area contributed by atoms with Gasteiger partial charge in [0.15, 0.2) is 0 Å². The zero-order valence-electron chi connectivity index (χ0n) is 8.81. The van der Waals surface area contributed by atoms with E-state index in [1.165, 1.54) is 24.3 Å². The van der Waals surface area contributed by atoms with Crippen LogP contribution in [-0.2, 0) is 4.79 Å². The molecule has 0 aromatic heterocycles. The zero-order valence-corrected chi connectivity index (χ0v) is 9.71. The molecule has 0 heterocycles. The predicted octanol–water partition coefficient (Wildman–Crippen LogP) is 0.505. The summed E-state index contributed by atoms with van der Waals surface area (Å²) in [5.74, 6) is -0.815. The van der Waals surface area contributed by atoms with Crippen molar-refractivity contribution in [1.82, 2.24) is 0 Å². The Balaban J connectivity index is 0.000000325. The van der Waals surface area contributed by atoms with E-state index in [1.54, 1.807) is 0 Å². The minimum absolute atomic E-state index is 0.0641. The van der Waals surface area contributed by atoms with E-state index in [9.17, 15) is 14.9 Å². The van der Waals surface area contributed by atoms with Crippen LogP contribution >= 0.6 is 12.6 Å². The highest BCUT2D eigenvalue weighted by molar-refractivity contribution is 7.80. The molecule has 0 aliphatic carbocycles. The fourth-order valence-corrected chi connectivity index (χ4v) is 0.830. The van der Waals surface area contributed by atoms with E-state index in [4.69, 9.17) is 16.6 Å². The van der Waals surface area contributed by atoms with Crippen molar-refractivity contribution in [3.8, 4) is 0 Å². The lowest BCUT2D eigenvalue weighted by molar-refractivity contribution is -0.384. The highest BCUT2D eigenvalue weighted by atomic mass is 32.1. The van der Waals surface area contributed by atoms with Gasteiger partial charge in [-0.05, 0) is 12.1 Å². The molecule has 0 aliphatic heterocycles. The number of hydrogen-bond acceptors (Lipinski definition) is 6. The summed E-state index contributed by atoms with van der Waals surface area (Å²) in [6.45, 7) is 0. The van der Waals surface area contributed by atoms with E-state index in [-0.39, 0.29) is 11.4 Å². The summed E-state index contributed by atoms with van der Waals surface area (Å²) >= 11 is 3.65. The van der Waals surface area contributed by atoms with Gasteiger partial charge in [-0.15, -0.1) is 0 Å². The van der Waals surface area contributed by atoms with E-state index < -0.39 is 16.9 Å². The van der Waals surface area contributed by atoms with Gasteiger partial charge in [0.05, 0.1) is 4.92 Å². The number of nitrogens with zero attached hydrogens (tertiary/aromatic N) is 1. The van der Waals surface area contributed by atoms with Gasteiger partial charge in [0.25, 0.3) is 5.69 Å². The second kappa shape index (κ2) is 7.47. The molecule has 0 fully saturated rings. The summed E-state index contributed by atoms with van der Waals surface area (Å²) in [5.41, 5.74) is 10.8. The maximum absolute atomic E-state index is 10.1. The fourth-order valence-electron chi connectivity index (χ4n) is 0.674. The van der Waals surface area contributed by atoms with E-state index >= 15 is 0 Å². The molecule has 1 rings (SSSR count). The Morgan fingerprint density at radius 3 is 2.18 bits per heavy atom. The quantitative estimate of drug-likeness (QED) is 0.270. The average Bonchev–Trinajstić information content (AvgIpc) is 2.29. The molecule has 0 bridgehead atoms. The first-order valence-corrected chi connectivity index (χ1v) is 5.11. The lowest BCUT2D eigenvalue weighted by Crippen LogP contribution is -2.31. The first kappa shape index (κ1) is 15.2. The molecule has 0 radical (unpaired) electrons. The Morgan fingerprint density at radius 2 is 1.94 bits per heavy atom. The van der Waals surface area contributed by atoms with Crippen LogP contribution < -0.4 is 11.5 Å². The van der Waals surface area contributed by atoms with Gasteiger partial charge in [0.2, 0.25) is 0 Å². The van der Waals surface area contributed by atoms with Crippen LogP contribution in [0.1, 0.15) is 0 Å². The molecule has 1 aromatic carbocycles. The van der Waals surface area contributed by atoms with Crippen LogP contribution in [0.3, 0.4) is 0 Å². The highest BCUT2D eigenvalue weighted by Gasteiger charge is 2.06. The number of nitrogens with two attached hydrogens (primary N) is 2. The number of carboxylic acid groups (broad SMARTS) is 1. The molecule has 8 heteroatoms. The Kier molecular flexibility index (Phi) is 6.68. The smallest absolute Gasteiger partial charge is 0.321 e. The number of anilines is 1. The van der Waals surface area contributed by atoms with Crippen LogP contribution in [0.15, 0.2) is 24.3 Å². The number of hydrogen-bond donors (Lipinski definition) is 4. The summed E-state index contributed by atoms with van der Waals surface area (Å²) in [6.07, 6.45) is 0. The van der Waals surface area contributed by atoms with Gasteiger partial charge in [0, 0.05) is 23.6 Å². The number of nitrogen functional groups attached to an aromatic ring is 1. The number of thiol groups is 1. The molecular formula is C9H13N3O4S. The first-order chi connectivity index (χ1) is 7.88. The third-order valence-electron chi connectivity index (χ3n) is 1.62. The molecule has 0 saturated carbocycles. The standard InChI is InChI=1S/C6H6N2O2.C3H7NO2S/c7-5-1-3-6(4-2-5)8(9)10;4-2(1-7)3(5)6/h1-4H,7H2;2,7H,1,4H2,(H,5,6). The highest BCUT2D eigenvalue weighted by Crippen LogP contribution is 2.11. The monoisotopic (exact) mass is 259 g/mol. The average molecular weight is 259 g/mol. The van der Waals surface area contributed by atoms with Crippen LogP contribution in [0.25, 0.3) is 0 Å². The number of aliphatic carboxylic acids is 1. The molecule has 0 aliphatic rings. The van der Waals surface area contributed by atoms with Crippen molar-refractivity contribution in [2.75, 3.05) is 11.5 Å². The molecule has 0 saturated heterocycles. The SMILES string of the molecule is NC(CS)C(=O)O.Nc1ccc([N+](=O)[O-])cc1. The van der Waals surface area contributed by atoms with Crippen molar-refractivity contribution in [1.29, 1.82) is 0 Å². The Hall–Kier alpha value is -1.80. The number of carboxylic acids is 1. The maximum atomic E-state index is 10.1. The molecule has 7 nitrogen and oxygen atoms in total. The van der Waals surface area contributed by atoms with Gasteiger partial charge < -0.3 is 16.6 Å². The third kappa shape index (κ3) is 6.38. The van der Waals surface area contributed by atoms with Crippen molar-refractivity contribution in [2.45, 2.75) is 6.04 Å². The van der Waals surface area contributed by atoms with Crippen LogP contribution in [0, 0.1) is 10.1 Å². The number of carbonyl (C=O) groups is 1. The van der Waals surface area contributed by atoms with Crippen molar-refractivity contribution in [2.24, 2.45) is 5.73 Å². The number of rotatable bonds is 3. The molecule has 17 heavy (non-hydrogen) atoms. The molecule has 94 valence electrons. The van der Waals surface area contributed by atoms with Crippen LogP contribution in [0.4, 0.5) is 11.4 Å². The molecule has 1 unspecified atom stereocenters. The van der Waals surface area contributed by atoms with Crippen molar-refractivity contribution < 1.29 is 14.8 Å². The number of benzene rings is 1. The Labute approximate surface area is 103 Å². The van der Waals surface area contributed by atoms with Gasteiger partial charge in [0.1, 0.15) is 6.04 Å². The van der Waals surface area contributed by atoms with Crippen LogP contribution in [-0.4, -0.2) is 27.8 Å². The van der Waals surface area contributed by atoms with Crippen LogP contribution in [0.5, 0.6) is 0 Å². The van der Waals surface area contributed by atoms with E-state index in [0.717, 1.165) is 0 Å². The topological polar surface area (TPSA) is 132 Å². The normalized spacial score (nSPS) is 10.9. The van der Waals surface area contributed by atoms with Crippen molar-refractivity contribution >= 4 is 30.0 Å².